The van der Waals surface area contributed by atoms with Gasteiger partial charge in [0, 0.05) is 14.6 Å². The van der Waals surface area contributed by atoms with Gasteiger partial charge >= 0.3 is 12.1 Å². The van der Waals surface area contributed by atoms with Crippen LogP contribution in [0, 0.1) is 0 Å². The fraction of sp³-hybridized carbons (Fsp3) is 0.875. The van der Waals surface area contributed by atoms with Crippen LogP contribution in [0.15, 0.2) is 0 Å². The molecule has 0 aromatic carbocycles. The molecule has 136 valence electrons. The molecule has 6 nitrogen and oxygen atoms in total. The number of nitrogens with one attached hydrogen (secondary N) is 1. The molecular weight excluding hydrogens is 312 g/mol. The number of rotatable bonds is 9. The number of carbonyl (C=O) groups excluding carboxylic acids is 2. The van der Waals surface area contributed by atoms with Gasteiger partial charge in [-0.25, -0.2) is 4.79 Å². The van der Waals surface area contributed by atoms with Gasteiger partial charge in [-0.15, -0.1) is 0 Å². The minimum absolute atomic E-state index is 0.330. The molecule has 0 saturated carbocycles. The molecule has 1 atom stereocenters. The molecule has 0 aliphatic carbocycles. The van der Waals surface area contributed by atoms with Crippen LogP contribution in [0.5, 0.6) is 0 Å². The van der Waals surface area contributed by atoms with Crippen molar-refractivity contribution in [3.8, 4) is 0 Å². The zero-order chi connectivity index (χ0) is 18.1. The molecule has 0 bridgehead atoms. The molecular formula is C16H34N2O4Si. The molecule has 0 spiro atoms. The Bertz CT molecular complexity index is 375. The van der Waals surface area contributed by atoms with Crippen molar-refractivity contribution in [1.29, 1.82) is 0 Å². The lowest BCUT2D eigenvalue weighted by atomic mass is 10.1. The fourth-order valence-electron chi connectivity index (χ4n) is 1.68. The smallest absolute Gasteiger partial charge is 0.407 e. The van der Waals surface area contributed by atoms with Crippen LogP contribution in [-0.2, 0) is 14.3 Å². The maximum Gasteiger partial charge on any atom is 0.407 e. The van der Waals surface area contributed by atoms with E-state index in [1.165, 1.54) is 0 Å². The van der Waals surface area contributed by atoms with Gasteiger partial charge in [0.15, 0.2) is 0 Å². The predicted molar refractivity (Wildman–Crippen MR) is 95.2 cm³/mol. The zero-order valence-electron chi connectivity index (χ0n) is 15.5. The average molecular weight is 347 g/mol. The van der Waals surface area contributed by atoms with Gasteiger partial charge in [-0.2, -0.15) is 0 Å². The van der Waals surface area contributed by atoms with E-state index in [2.05, 4.69) is 25.0 Å². The number of alkyl carbamates (subject to hydrolysis) is 1. The molecule has 0 aliphatic heterocycles. The van der Waals surface area contributed by atoms with Gasteiger partial charge in [-0.1, -0.05) is 19.6 Å². The number of unbranched alkanes of at least 4 members (excludes halogenated alkanes) is 1. The van der Waals surface area contributed by atoms with Crippen LogP contribution in [0.3, 0.4) is 0 Å². The summed E-state index contributed by atoms with van der Waals surface area (Å²) in [5.74, 6) is -0.330. The highest BCUT2D eigenvalue weighted by atomic mass is 28.3. The lowest BCUT2D eigenvalue weighted by molar-refractivity contribution is -0.144. The van der Waals surface area contributed by atoms with Crippen molar-refractivity contribution >= 4 is 20.1 Å². The first-order valence-corrected chi connectivity index (χ1v) is 12.0. The highest BCUT2D eigenvalue weighted by Gasteiger charge is 2.18. The maximum atomic E-state index is 11.7. The third-order valence-corrected chi connectivity index (χ3v) is 4.71. The summed E-state index contributed by atoms with van der Waals surface area (Å²) in [5.41, 5.74) is 5.32. The second-order valence-electron chi connectivity index (χ2n) is 8.01. The number of hydrogen-bond acceptors (Lipinski definition) is 5. The summed E-state index contributed by atoms with van der Waals surface area (Å²) in [5, 5.41) is 2.68. The molecule has 0 fully saturated rings. The zero-order valence-corrected chi connectivity index (χ0v) is 16.5. The van der Waals surface area contributed by atoms with Gasteiger partial charge in [-0.3, -0.25) is 4.79 Å². The number of amides is 1. The van der Waals surface area contributed by atoms with Crippen LogP contribution in [0.4, 0.5) is 4.79 Å². The largest absolute Gasteiger partial charge is 0.465 e. The topological polar surface area (TPSA) is 90.6 Å². The summed E-state index contributed by atoms with van der Waals surface area (Å²) in [6, 6.07) is 0.365. The van der Waals surface area contributed by atoms with Crippen molar-refractivity contribution in [2.24, 2.45) is 5.73 Å². The molecule has 0 rings (SSSR count). The second kappa shape index (κ2) is 9.92. The Morgan fingerprint density at radius 2 is 1.78 bits per heavy atom. The highest BCUT2D eigenvalue weighted by molar-refractivity contribution is 6.76. The normalized spacial score (nSPS) is 13.3. The third-order valence-electron chi connectivity index (χ3n) is 3.01. The summed E-state index contributed by atoms with van der Waals surface area (Å²) in [7, 11) is -1.19. The minimum atomic E-state index is -1.19. The van der Waals surface area contributed by atoms with Crippen molar-refractivity contribution in [2.45, 2.75) is 77.4 Å². The van der Waals surface area contributed by atoms with Crippen molar-refractivity contribution in [2.75, 3.05) is 13.2 Å². The summed E-state index contributed by atoms with van der Waals surface area (Å²) in [6.45, 7) is 13.1. The van der Waals surface area contributed by atoms with E-state index in [-0.39, 0.29) is 5.97 Å². The molecule has 1 amide bonds. The minimum Gasteiger partial charge on any atom is -0.465 e. The van der Waals surface area contributed by atoms with E-state index >= 15 is 0 Å². The summed E-state index contributed by atoms with van der Waals surface area (Å²) in [4.78, 5) is 23.2. The van der Waals surface area contributed by atoms with E-state index in [0.717, 1.165) is 18.9 Å². The third kappa shape index (κ3) is 14.3. The van der Waals surface area contributed by atoms with Crippen LogP contribution >= 0.6 is 0 Å². The molecule has 0 aliphatic rings. The van der Waals surface area contributed by atoms with E-state index in [1.807, 2.05) is 20.8 Å². The Balaban J connectivity index is 3.72. The summed E-state index contributed by atoms with van der Waals surface area (Å²) < 4.78 is 10.3. The van der Waals surface area contributed by atoms with Crippen molar-refractivity contribution in [3.63, 3.8) is 0 Å². The molecule has 7 heteroatoms. The van der Waals surface area contributed by atoms with E-state index < -0.39 is 25.8 Å². The Kier molecular flexibility index (Phi) is 9.46. The predicted octanol–water partition coefficient (Wildman–Crippen LogP) is 2.89. The van der Waals surface area contributed by atoms with E-state index in [0.29, 0.717) is 19.6 Å². The fourth-order valence-corrected chi connectivity index (χ4v) is 2.39. The number of nitrogens with two attached hydrogens (primary N) is 1. The average Bonchev–Trinajstić information content (AvgIpc) is 2.34. The Hall–Kier alpha value is -1.08. The van der Waals surface area contributed by atoms with Gasteiger partial charge in [0.25, 0.3) is 0 Å². The van der Waals surface area contributed by atoms with Crippen molar-refractivity contribution in [3.05, 3.63) is 0 Å². The Morgan fingerprint density at radius 3 is 2.30 bits per heavy atom. The molecule has 0 aromatic heterocycles. The molecule has 23 heavy (non-hydrogen) atoms. The van der Waals surface area contributed by atoms with Crippen LogP contribution in [0.1, 0.15) is 40.0 Å². The van der Waals surface area contributed by atoms with Gasteiger partial charge in [0.1, 0.15) is 11.6 Å². The standard InChI is InChI=1S/C16H34N2O4Si/c1-16(2,3)22-15(20)18-10-8-7-9-13(17)14(19)21-11-12-23(4,5)6/h13H,7-12,17H2,1-6H3,(H,18,20). The van der Waals surface area contributed by atoms with Gasteiger partial charge in [0.2, 0.25) is 0 Å². The number of carbonyl (C=O) groups is 2. The number of hydrogen-bond donors (Lipinski definition) is 2. The lowest BCUT2D eigenvalue weighted by Crippen LogP contribution is -2.34. The second-order valence-corrected chi connectivity index (χ2v) is 13.6. The van der Waals surface area contributed by atoms with Gasteiger partial charge in [-0.05, 0) is 46.1 Å². The molecule has 0 radical (unpaired) electrons. The SMILES string of the molecule is CC(C)(C)OC(=O)NCCCCC(N)C(=O)OCC[Si](C)(C)C. The molecule has 1 unspecified atom stereocenters. The summed E-state index contributed by atoms with van der Waals surface area (Å²) >= 11 is 0. The van der Waals surface area contributed by atoms with Crippen LogP contribution in [0.2, 0.25) is 25.7 Å². The van der Waals surface area contributed by atoms with Crippen LogP contribution < -0.4 is 11.1 Å². The molecule has 0 aromatic rings. The molecule has 0 saturated heterocycles. The van der Waals surface area contributed by atoms with Crippen molar-refractivity contribution in [1.82, 2.24) is 5.32 Å². The van der Waals surface area contributed by atoms with E-state index in [1.54, 1.807) is 0 Å². The first-order valence-electron chi connectivity index (χ1n) is 8.30. The quantitative estimate of drug-likeness (QED) is 0.380. The Morgan fingerprint density at radius 1 is 1.17 bits per heavy atom. The lowest BCUT2D eigenvalue weighted by Gasteiger charge is -2.19. The highest BCUT2D eigenvalue weighted by Crippen LogP contribution is 2.09. The molecule has 0 heterocycles. The first-order chi connectivity index (χ1) is 10.4. The Labute approximate surface area is 141 Å². The van der Waals surface area contributed by atoms with Crippen molar-refractivity contribution < 1.29 is 19.1 Å². The monoisotopic (exact) mass is 346 g/mol. The van der Waals surface area contributed by atoms with Gasteiger partial charge in [0.05, 0.1) is 6.61 Å². The van der Waals surface area contributed by atoms with Crippen LogP contribution in [-0.4, -0.2) is 44.9 Å². The molecule has 3 N–H and O–H groups in total. The summed E-state index contributed by atoms with van der Waals surface area (Å²) in [6.07, 6.45) is 1.63. The van der Waals surface area contributed by atoms with E-state index in [9.17, 15) is 9.59 Å². The number of esters is 1. The van der Waals surface area contributed by atoms with Crippen LogP contribution in [0.25, 0.3) is 0 Å². The first kappa shape index (κ1) is 21.9. The number of ether oxygens (including phenoxy) is 2. The van der Waals surface area contributed by atoms with E-state index in [4.69, 9.17) is 15.2 Å². The maximum absolute atomic E-state index is 11.7. The van der Waals surface area contributed by atoms with Gasteiger partial charge < -0.3 is 20.5 Å².